The Hall–Kier alpha value is -2.65. The van der Waals surface area contributed by atoms with Crippen molar-refractivity contribution in [3.05, 3.63) is 29.3 Å². The minimum absolute atomic E-state index is 0.0302. The van der Waals surface area contributed by atoms with E-state index in [0.29, 0.717) is 37.3 Å². The summed E-state index contributed by atoms with van der Waals surface area (Å²) >= 11 is 0. The van der Waals surface area contributed by atoms with Crippen LogP contribution in [0, 0.1) is 17.3 Å². The van der Waals surface area contributed by atoms with Gasteiger partial charge in [-0.2, -0.15) is 0 Å². The van der Waals surface area contributed by atoms with E-state index in [4.69, 9.17) is 14.9 Å². The van der Waals surface area contributed by atoms with Gasteiger partial charge >= 0.3 is 17.9 Å². The van der Waals surface area contributed by atoms with E-state index in [1.54, 1.807) is 7.11 Å². The molecule has 0 bridgehead atoms. The van der Waals surface area contributed by atoms with Crippen LogP contribution in [0.4, 0.5) is 0 Å². The number of aryl methyl sites for hydroxylation is 1. The zero-order valence-corrected chi connectivity index (χ0v) is 21.9. The van der Waals surface area contributed by atoms with Gasteiger partial charge in [0.1, 0.15) is 5.75 Å². The van der Waals surface area contributed by atoms with Gasteiger partial charge < -0.3 is 20.1 Å². The van der Waals surface area contributed by atoms with Gasteiger partial charge in [0, 0.05) is 19.1 Å². The van der Waals surface area contributed by atoms with Crippen molar-refractivity contribution in [3.8, 4) is 5.75 Å². The number of hydrogen-bond acceptors (Lipinski definition) is 6. The highest BCUT2D eigenvalue weighted by atomic mass is 16.5. The molecule has 4 rings (SSSR count). The predicted octanol–water partition coefficient (Wildman–Crippen LogP) is 3.17. The summed E-state index contributed by atoms with van der Waals surface area (Å²) in [6, 6.07) is 6.65. The Kier molecular flexibility index (Phi) is 8.43. The van der Waals surface area contributed by atoms with Crippen molar-refractivity contribution in [1.29, 1.82) is 0 Å². The standard InChI is InChI=1S/C28H40N2O7/c1-28-11-10-21-20-7-5-19(37-2)14-18(20)4-6-22(21)23(28)8-9-24(28)30(17-27(35)36)13-3-12-29(15-25(31)32)16-26(33)34/h5,7,14,21-24H,3-4,6,8-13,15-17H2,1-2H3,(H,31,32)(H,33,34)(H,35,36)/t21-,22-,23+,24?,28+/m1/s1. The maximum absolute atomic E-state index is 11.8. The van der Waals surface area contributed by atoms with Gasteiger partial charge in [0.15, 0.2) is 0 Å². The number of aliphatic carboxylic acids is 3. The summed E-state index contributed by atoms with van der Waals surface area (Å²) in [7, 11) is 1.71. The molecule has 0 radical (unpaired) electrons. The molecule has 37 heavy (non-hydrogen) atoms. The molecule has 0 aromatic heterocycles. The van der Waals surface area contributed by atoms with Crippen LogP contribution in [-0.2, 0) is 20.8 Å². The number of fused-ring (bicyclic) bond motifs is 5. The quantitative estimate of drug-likeness (QED) is 0.384. The molecular weight excluding hydrogens is 476 g/mol. The van der Waals surface area contributed by atoms with Gasteiger partial charge in [-0.3, -0.25) is 24.2 Å². The predicted molar refractivity (Wildman–Crippen MR) is 137 cm³/mol. The number of nitrogens with zero attached hydrogens (tertiary/aromatic N) is 2. The van der Waals surface area contributed by atoms with Gasteiger partial charge in [-0.25, -0.2) is 0 Å². The zero-order valence-electron chi connectivity index (χ0n) is 21.9. The Morgan fingerprint density at radius 3 is 2.32 bits per heavy atom. The van der Waals surface area contributed by atoms with Gasteiger partial charge in [-0.1, -0.05) is 13.0 Å². The lowest BCUT2D eigenvalue weighted by molar-refractivity contribution is -0.142. The summed E-state index contributed by atoms with van der Waals surface area (Å²) < 4.78 is 5.44. The molecule has 3 aliphatic carbocycles. The number of methoxy groups -OCH3 is 1. The molecule has 3 aliphatic rings. The molecule has 2 fully saturated rings. The van der Waals surface area contributed by atoms with Crippen molar-refractivity contribution in [2.75, 3.05) is 39.8 Å². The van der Waals surface area contributed by atoms with E-state index in [-0.39, 0.29) is 31.1 Å². The van der Waals surface area contributed by atoms with E-state index in [9.17, 15) is 19.5 Å². The maximum Gasteiger partial charge on any atom is 0.317 e. The molecule has 204 valence electrons. The third kappa shape index (κ3) is 5.93. The van der Waals surface area contributed by atoms with Gasteiger partial charge in [0.2, 0.25) is 0 Å². The number of carboxylic acid groups (broad SMARTS) is 3. The van der Waals surface area contributed by atoms with Gasteiger partial charge in [0.25, 0.3) is 0 Å². The molecule has 0 heterocycles. The summed E-state index contributed by atoms with van der Waals surface area (Å²) in [5, 5.41) is 27.9. The lowest BCUT2D eigenvalue weighted by atomic mass is 9.55. The third-order valence-corrected chi connectivity index (χ3v) is 9.30. The molecule has 2 saturated carbocycles. The van der Waals surface area contributed by atoms with Crippen LogP contribution in [0.2, 0.25) is 0 Å². The van der Waals surface area contributed by atoms with E-state index in [1.165, 1.54) is 16.0 Å². The first kappa shape index (κ1) is 27.4. The summed E-state index contributed by atoms with van der Waals surface area (Å²) in [6.07, 6.45) is 6.92. The van der Waals surface area contributed by atoms with Crippen LogP contribution in [0.5, 0.6) is 5.75 Å². The first-order chi connectivity index (χ1) is 17.6. The Bertz CT molecular complexity index is 998. The van der Waals surface area contributed by atoms with Crippen LogP contribution in [-0.4, -0.2) is 88.9 Å². The van der Waals surface area contributed by atoms with Gasteiger partial charge in [-0.05, 0) is 91.4 Å². The van der Waals surface area contributed by atoms with E-state index in [2.05, 4.69) is 30.0 Å². The molecule has 0 amide bonds. The topological polar surface area (TPSA) is 128 Å². The monoisotopic (exact) mass is 516 g/mol. The lowest BCUT2D eigenvalue weighted by Gasteiger charge is -2.52. The smallest absolute Gasteiger partial charge is 0.317 e. The molecule has 0 aliphatic heterocycles. The first-order valence-electron chi connectivity index (χ1n) is 13.4. The summed E-state index contributed by atoms with van der Waals surface area (Å²) in [4.78, 5) is 37.6. The number of rotatable bonds is 12. The minimum Gasteiger partial charge on any atom is -0.497 e. The third-order valence-electron chi connectivity index (χ3n) is 9.30. The Morgan fingerprint density at radius 2 is 1.68 bits per heavy atom. The van der Waals surface area contributed by atoms with E-state index in [0.717, 1.165) is 44.3 Å². The molecule has 0 saturated heterocycles. The average Bonchev–Trinajstić information content (AvgIpc) is 3.19. The molecule has 9 nitrogen and oxygen atoms in total. The molecule has 1 aromatic carbocycles. The average molecular weight is 517 g/mol. The number of carboxylic acids is 3. The first-order valence-corrected chi connectivity index (χ1v) is 13.4. The van der Waals surface area contributed by atoms with Crippen molar-refractivity contribution < 1.29 is 34.4 Å². The van der Waals surface area contributed by atoms with Crippen LogP contribution in [0.1, 0.15) is 62.5 Å². The molecule has 1 aromatic rings. The summed E-state index contributed by atoms with van der Waals surface area (Å²) in [6.45, 7) is 2.42. The molecule has 1 unspecified atom stereocenters. The number of hydrogen-bond donors (Lipinski definition) is 3. The molecule has 5 atom stereocenters. The van der Waals surface area contributed by atoms with Gasteiger partial charge in [0.05, 0.1) is 26.7 Å². The van der Waals surface area contributed by atoms with E-state index >= 15 is 0 Å². The molecule has 9 heteroatoms. The highest BCUT2D eigenvalue weighted by Gasteiger charge is 2.56. The number of carbonyl (C=O) groups is 3. The molecule has 3 N–H and O–H groups in total. The van der Waals surface area contributed by atoms with E-state index in [1.807, 2.05) is 0 Å². The second-order valence-electron chi connectivity index (χ2n) is 11.3. The fraction of sp³-hybridized carbons (Fsp3) is 0.679. The highest BCUT2D eigenvalue weighted by molar-refractivity contribution is 5.72. The van der Waals surface area contributed by atoms with E-state index < -0.39 is 17.9 Å². The summed E-state index contributed by atoms with van der Waals surface area (Å²) in [5.41, 5.74) is 2.89. The fourth-order valence-electron chi connectivity index (χ4n) is 7.87. The van der Waals surface area contributed by atoms with Crippen LogP contribution in [0.15, 0.2) is 18.2 Å². The fourth-order valence-corrected chi connectivity index (χ4v) is 7.87. The normalized spacial score (nSPS) is 28.4. The van der Waals surface area contributed by atoms with Crippen LogP contribution in [0.25, 0.3) is 0 Å². The van der Waals surface area contributed by atoms with Crippen molar-refractivity contribution in [2.24, 2.45) is 17.3 Å². The van der Waals surface area contributed by atoms with Crippen molar-refractivity contribution in [2.45, 2.75) is 63.8 Å². The Morgan fingerprint density at radius 1 is 0.973 bits per heavy atom. The van der Waals surface area contributed by atoms with Crippen LogP contribution >= 0.6 is 0 Å². The number of benzene rings is 1. The van der Waals surface area contributed by atoms with Crippen molar-refractivity contribution >= 4 is 17.9 Å². The Labute approximate surface area is 218 Å². The van der Waals surface area contributed by atoms with Crippen LogP contribution in [0.3, 0.4) is 0 Å². The second-order valence-corrected chi connectivity index (χ2v) is 11.3. The van der Waals surface area contributed by atoms with Crippen molar-refractivity contribution in [1.82, 2.24) is 9.80 Å². The second kappa shape index (κ2) is 11.4. The highest BCUT2D eigenvalue weighted by Crippen LogP contribution is 2.62. The maximum atomic E-state index is 11.8. The van der Waals surface area contributed by atoms with Crippen LogP contribution < -0.4 is 4.74 Å². The zero-order chi connectivity index (χ0) is 26.7. The Balaban J connectivity index is 1.46. The lowest BCUT2D eigenvalue weighted by Crippen LogP contribution is -2.52. The molecule has 0 spiro atoms. The largest absolute Gasteiger partial charge is 0.497 e. The molecular formula is C28H40N2O7. The number of ether oxygens (including phenoxy) is 1. The minimum atomic E-state index is -1.07. The SMILES string of the molecule is COc1ccc2c(c1)CC[C@@H]1[C@@H]2CC[C@]2(C)C(N(CCCN(CC(=O)O)CC(=O)O)CC(=O)O)CC[C@@H]12. The summed E-state index contributed by atoms with van der Waals surface area (Å²) in [5.74, 6) is -0.420. The van der Waals surface area contributed by atoms with Gasteiger partial charge in [-0.15, -0.1) is 0 Å². The van der Waals surface area contributed by atoms with Crippen molar-refractivity contribution in [3.63, 3.8) is 0 Å².